The summed E-state index contributed by atoms with van der Waals surface area (Å²) in [6.07, 6.45) is 1.82. The summed E-state index contributed by atoms with van der Waals surface area (Å²) in [6, 6.07) is 18.0. The zero-order valence-electron chi connectivity index (χ0n) is 21.0. The molecule has 0 atom stereocenters. The Kier molecular flexibility index (Phi) is 5.18. The first kappa shape index (κ1) is 22.8. The molecule has 2 aromatic carbocycles. The van der Waals surface area contributed by atoms with E-state index in [2.05, 4.69) is 97.3 Å². The molecule has 1 aromatic heterocycles. The lowest BCUT2D eigenvalue weighted by Crippen LogP contribution is -2.41. The van der Waals surface area contributed by atoms with Crippen molar-refractivity contribution in [3.8, 4) is 22.3 Å². The molecule has 2 aliphatic rings. The fourth-order valence-corrected chi connectivity index (χ4v) is 5.75. The van der Waals surface area contributed by atoms with E-state index in [4.69, 9.17) is 14.3 Å². The van der Waals surface area contributed by atoms with E-state index >= 15 is 0 Å². The van der Waals surface area contributed by atoms with Crippen molar-refractivity contribution in [2.24, 2.45) is 0 Å². The summed E-state index contributed by atoms with van der Waals surface area (Å²) in [5, 5.41) is 1.46. The number of nitrogens with zero attached hydrogens (tertiary/aromatic N) is 1. The first-order valence-electron chi connectivity index (χ1n) is 11.7. The van der Waals surface area contributed by atoms with Crippen molar-refractivity contribution in [3.63, 3.8) is 0 Å². The molecule has 1 aliphatic carbocycles. The Morgan fingerprint density at radius 1 is 0.758 bits per heavy atom. The van der Waals surface area contributed by atoms with Crippen LogP contribution in [-0.2, 0) is 14.7 Å². The van der Waals surface area contributed by atoms with Crippen molar-refractivity contribution in [1.82, 2.24) is 4.98 Å². The van der Waals surface area contributed by atoms with Crippen molar-refractivity contribution in [2.45, 2.75) is 58.2 Å². The lowest BCUT2D eigenvalue weighted by atomic mass is 9.78. The predicted octanol–water partition coefficient (Wildman–Crippen LogP) is 5.72. The molecule has 0 unspecified atom stereocenters. The smallest absolute Gasteiger partial charge is 0.398 e. The van der Waals surface area contributed by atoms with Crippen LogP contribution < -0.4 is 10.9 Å². The van der Waals surface area contributed by atoms with Crippen LogP contribution in [0.3, 0.4) is 0 Å². The van der Waals surface area contributed by atoms with Gasteiger partial charge in [-0.1, -0.05) is 52.1 Å². The maximum Gasteiger partial charge on any atom is 0.515 e. The average Bonchev–Trinajstić information content (AvgIpc) is 3.12. The van der Waals surface area contributed by atoms with Gasteiger partial charge >= 0.3 is 7.12 Å². The number of rotatable bonds is 3. The van der Waals surface area contributed by atoms with Gasteiger partial charge in [-0.25, -0.2) is 0 Å². The molecule has 5 heteroatoms. The van der Waals surface area contributed by atoms with Gasteiger partial charge in [0.2, 0.25) is 0 Å². The molecule has 3 nitrogen and oxygen atoms in total. The summed E-state index contributed by atoms with van der Waals surface area (Å²) in [5.74, 6) is 0. The van der Waals surface area contributed by atoms with E-state index in [-0.39, 0.29) is 13.3 Å². The second-order valence-electron chi connectivity index (χ2n) is 11.0. The molecule has 1 saturated heterocycles. The Morgan fingerprint density at radius 3 is 2.12 bits per heavy atom. The molecule has 33 heavy (non-hydrogen) atoms. The van der Waals surface area contributed by atoms with Gasteiger partial charge in [0.25, 0.3) is 0 Å². The lowest BCUT2D eigenvalue weighted by molar-refractivity contribution is 0.00578. The highest BCUT2D eigenvalue weighted by Crippen LogP contribution is 2.50. The van der Waals surface area contributed by atoms with E-state index in [0.29, 0.717) is 0 Å². The van der Waals surface area contributed by atoms with Crippen molar-refractivity contribution >= 4 is 25.9 Å². The normalized spacial score (nSPS) is 19.6. The monoisotopic (exact) mass is 457 g/mol. The molecule has 0 radical (unpaired) electrons. The Bertz CT molecular complexity index is 1230. The SMILES string of the molecule is CP(C)c1ccc2c(c1)C(C)(C)c1ccc(-c3cccnc3B3OC(C)(C)C(C)(C)O3)cc1-2. The summed E-state index contributed by atoms with van der Waals surface area (Å²) in [6.45, 7) is 17.7. The van der Waals surface area contributed by atoms with E-state index in [1.807, 2.05) is 12.3 Å². The number of pyridine rings is 1. The topological polar surface area (TPSA) is 31.4 Å². The number of fused-ring (bicyclic) bond motifs is 3. The van der Waals surface area contributed by atoms with Crippen LogP contribution in [-0.4, -0.2) is 36.6 Å². The first-order valence-corrected chi connectivity index (χ1v) is 13.9. The molecular weight excluding hydrogens is 424 g/mol. The Labute approximate surface area is 199 Å². The van der Waals surface area contributed by atoms with Crippen LogP contribution in [0.15, 0.2) is 54.7 Å². The standard InChI is InChI=1S/C28H33BNO2P/c1-26(2)23-14-11-18(16-22(23)21-13-12-19(33(7)8)17-24(21)26)20-10-9-15-30-25(20)29-31-27(3,4)28(5,6)32-29/h9-17H,1-8H3. The minimum atomic E-state index is -0.487. The molecular formula is C28H33BNO2P. The second kappa shape index (κ2) is 7.50. The average molecular weight is 457 g/mol. The lowest BCUT2D eigenvalue weighted by Gasteiger charge is -2.32. The molecule has 0 N–H and O–H groups in total. The zero-order valence-corrected chi connectivity index (χ0v) is 21.9. The molecule has 0 amide bonds. The van der Waals surface area contributed by atoms with Crippen molar-refractivity contribution in [2.75, 3.05) is 13.3 Å². The molecule has 3 aromatic rings. The Hall–Kier alpha value is -2.00. The highest BCUT2D eigenvalue weighted by atomic mass is 31.1. The van der Waals surface area contributed by atoms with Crippen LogP contribution in [0.1, 0.15) is 52.7 Å². The molecule has 0 saturated carbocycles. The number of hydrogen-bond donors (Lipinski definition) is 0. The fourth-order valence-electron chi connectivity index (χ4n) is 4.99. The molecule has 1 fully saturated rings. The highest BCUT2D eigenvalue weighted by Gasteiger charge is 2.53. The van der Waals surface area contributed by atoms with Crippen LogP contribution in [0.2, 0.25) is 0 Å². The van der Waals surface area contributed by atoms with Crippen LogP contribution in [0.25, 0.3) is 22.3 Å². The van der Waals surface area contributed by atoms with E-state index in [0.717, 1.165) is 16.7 Å². The zero-order chi connectivity index (χ0) is 23.8. The van der Waals surface area contributed by atoms with Gasteiger partial charge in [-0.05, 0) is 97.9 Å². The summed E-state index contributed by atoms with van der Waals surface area (Å²) in [7, 11) is -0.611. The van der Waals surface area contributed by atoms with E-state index in [1.54, 1.807) is 0 Å². The van der Waals surface area contributed by atoms with Gasteiger partial charge in [0.1, 0.15) is 0 Å². The van der Waals surface area contributed by atoms with Crippen LogP contribution in [0.4, 0.5) is 0 Å². The van der Waals surface area contributed by atoms with E-state index < -0.39 is 18.3 Å². The highest BCUT2D eigenvalue weighted by molar-refractivity contribution is 7.64. The Morgan fingerprint density at radius 2 is 1.45 bits per heavy atom. The number of benzene rings is 2. The number of aromatic nitrogens is 1. The van der Waals surface area contributed by atoms with E-state index in [1.165, 1.54) is 27.6 Å². The first-order chi connectivity index (χ1) is 15.4. The molecule has 0 spiro atoms. The second-order valence-corrected chi connectivity index (χ2v) is 13.3. The molecule has 170 valence electrons. The fraction of sp³-hybridized carbons (Fsp3) is 0.393. The van der Waals surface area contributed by atoms with Gasteiger partial charge < -0.3 is 9.31 Å². The number of hydrogen-bond acceptors (Lipinski definition) is 3. The molecule has 0 bridgehead atoms. The third kappa shape index (κ3) is 3.50. The van der Waals surface area contributed by atoms with Gasteiger partial charge in [-0.3, -0.25) is 4.98 Å². The van der Waals surface area contributed by atoms with Crippen LogP contribution in [0.5, 0.6) is 0 Å². The third-order valence-corrected chi connectivity index (χ3v) is 9.11. The summed E-state index contributed by atoms with van der Waals surface area (Å²) in [5.41, 5.74) is 7.72. The van der Waals surface area contributed by atoms with Crippen molar-refractivity contribution in [3.05, 3.63) is 65.9 Å². The van der Waals surface area contributed by atoms with Gasteiger partial charge in [-0.15, -0.1) is 0 Å². The predicted molar refractivity (Wildman–Crippen MR) is 141 cm³/mol. The summed E-state index contributed by atoms with van der Waals surface area (Å²) in [4.78, 5) is 4.72. The van der Waals surface area contributed by atoms with Crippen molar-refractivity contribution in [1.29, 1.82) is 0 Å². The minimum Gasteiger partial charge on any atom is -0.398 e. The molecule has 2 heterocycles. The maximum absolute atomic E-state index is 6.35. The van der Waals surface area contributed by atoms with Gasteiger partial charge in [-0.2, -0.15) is 0 Å². The quantitative estimate of drug-likeness (QED) is 0.372. The van der Waals surface area contributed by atoms with Gasteiger partial charge in [0.05, 0.1) is 16.8 Å². The maximum atomic E-state index is 6.35. The minimum absolute atomic E-state index is 0.00591. The van der Waals surface area contributed by atoms with Crippen molar-refractivity contribution < 1.29 is 9.31 Å². The van der Waals surface area contributed by atoms with E-state index in [9.17, 15) is 0 Å². The van der Waals surface area contributed by atoms with Crippen LogP contribution >= 0.6 is 7.92 Å². The van der Waals surface area contributed by atoms with Gasteiger partial charge in [0, 0.05) is 11.6 Å². The summed E-state index contributed by atoms with van der Waals surface area (Å²) < 4.78 is 12.7. The summed E-state index contributed by atoms with van der Waals surface area (Å²) >= 11 is 0. The molecule has 1 aliphatic heterocycles. The van der Waals surface area contributed by atoms with Crippen LogP contribution in [0, 0.1) is 0 Å². The third-order valence-electron chi connectivity index (χ3n) is 7.80. The molecule has 5 rings (SSSR count). The van der Waals surface area contributed by atoms with Gasteiger partial charge in [0.15, 0.2) is 0 Å². The Balaban J connectivity index is 1.61. The largest absolute Gasteiger partial charge is 0.515 e.